The van der Waals surface area contributed by atoms with Gasteiger partial charge in [-0.3, -0.25) is 4.79 Å². The van der Waals surface area contributed by atoms with E-state index in [1.165, 1.54) is 30.3 Å². The molecule has 0 radical (unpaired) electrons. The van der Waals surface area contributed by atoms with Crippen LogP contribution in [-0.4, -0.2) is 40.0 Å². The molecule has 1 amide bonds. The summed E-state index contributed by atoms with van der Waals surface area (Å²) in [7, 11) is -3.66. The topological polar surface area (TPSA) is 102 Å². The minimum atomic E-state index is -3.66. The lowest BCUT2D eigenvalue weighted by Crippen LogP contribution is -2.30. The number of benzene rings is 1. The van der Waals surface area contributed by atoms with Gasteiger partial charge in [-0.05, 0) is 42.1 Å². The number of rotatable bonds is 10. The first-order chi connectivity index (χ1) is 12.9. The molecule has 9 heteroatoms. The molecule has 0 fully saturated rings. The van der Waals surface area contributed by atoms with Crippen molar-refractivity contribution >= 4 is 33.2 Å². The Balaban J connectivity index is 1.79. The van der Waals surface area contributed by atoms with Crippen LogP contribution in [0.2, 0.25) is 0 Å². The Labute approximate surface area is 162 Å². The van der Waals surface area contributed by atoms with Crippen molar-refractivity contribution in [3.05, 3.63) is 64.9 Å². The van der Waals surface area contributed by atoms with Crippen molar-refractivity contribution in [2.45, 2.75) is 11.3 Å². The Kier molecular flexibility index (Phi) is 7.71. The highest BCUT2D eigenvalue weighted by atomic mass is 32.2. The first-order valence-corrected chi connectivity index (χ1v) is 10.5. The molecule has 0 saturated heterocycles. The summed E-state index contributed by atoms with van der Waals surface area (Å²) < 4.78 is 31.2. The zero-order chi connectivity index (χ0) is 19.7. The number of nitrogens with one attached hydrogen (secondary N) is 2. The molecule has 1 aromatic carbocycles. The van der Waals surface area contributed by atoms with Crippen LogP contribution in [0.4, 0.5) is 0 Å². The van der Waals surface area contributed by atoms with E-state index in [0.29, 0.717) is 13.0 Å². The van der Waals surface area contributed by atoms with Gasteiger partial charge in [-0.1, -0.05) is 12.1 Å². The molecule has 0 bridgehead atoms. The van der Waals surface area contributed by atoms with E-state index >= 15 is 0 Å². The Morgan fingerprint density at radius 3 is 2.56 bits per heavy atom. The van der Waals surface area contributed by atoms with Crippen molar-refractivity contribution in [3.63, 3.8) is 0 Å². The maximum absolute atomic E-state index is 12.0. The second-order valence-electron chi connectivity index (χ2n) is 5.42. The van der Waals surface area contributed by atoms with Crippen LogP contribution in [-0.2, 0) is 26.0 Å². The van der Waals surface area contributed by atoms with Gasteiger partial charge in [0.1, 0.15) is 0 Å². The number of hydrogen-bond acceptors (Lipinski definition) is 6. The number of esters is 1. The van der Waals surface area contributed by atoms with Crippen molar-refractivity contribution < 1.29 is 22.7 Å². The SMILES string of the molecule is C=CCNS(=O)(=O)c1ccc(C(=O)OCC(=O)NCCc2cccs2)cc1. The summed E-state index contributed by atoms with van der Waals surface area (Å²) in [5.74, 6) is -1.10. The minimum Gasteiger partial charge on any atom is -0.452 e. The maximum Gasteiger partial charge on any atom is 0.338 e. The number of carbonyl (C=O) groups excluding carboxylic acids is 2. The first-order valence-electron chi connectivity index (χ1n) is 8.09. The van der Waals surface area contributed by atoms with Crippen LogP contribution < -0.4 is 10.0 Å². The number of sulfonamides is 1. The van der Waals surface area contributed by atoms with Gasteiger partial charge in [0, 0.05) is 18.0 Å². The van der Waals surface area contributed by atoms with Gasteiger partial charge in [0.25, 0.3) is 5.91 Å². The third-order valence-electron chi connectivity index (χ3n) is 3.43. The molecular weight excluding hydrogens is 388 g/mol. The first kappa shape index (κ1) is 20.8. The summed E-state index contributed by atoms with van der Waals surface area (Å²) in [5.41, 5.74) is 0.157. The molecule has 1 aromatic heterocycles. The number of thiophene rings is 1. The molecule has 27 heavy (non-hydrogen) atoms. The summed E-state index contributed by atoms with van der Waals surface area (Å²) in [4.78, 5) is 24.9. The van der Waals surface area contributed by atoms with Gasteiger partial charge < -0.3 is 10.1 Å². The molecule has 0 aliphatic carbocycles. The fourth-order valence-electron chi connectivity index (χ4n) is 2.07. The van der Waals surface area contributed by atoms with E-state index in [4.69, 9.17) is 4.74 Å². The highest BCUT2D eigenvalue weighted by molar-refractivity contribution is 7.89. The van der Waals surface area contributed by atoms with Gasteiger partial charge in [-0.15, -0.1) is 17.9 Å². The number of ether oxygens (including phenoxy) is 1. The normalized spacial score (nSPS) is 11.0. The van der Waals surface area contributed by atoms with Crippen molar-refractivity contribution in [1.29, 1.82) is 0 Å². The van der Waals surface area contributed by atoms with Crippen molar-refractivity contribution in [2.24, 2.45) is 0 Å². The van der Waals surface area contributed by atoms with Crippen molar-refractivity contribution in [3.8, 4) is 0 Å². The molecule has 0 aliphatic rings. The highest BCUT2D eigenvalue weighted by Gasteiger charge is 2.15. The lowest BCUT2D eigenvalue weighted by Gasteiger charge is -2.07. The molecule has 0 saturated carbocycles. The van der Waals surface area contributed by atoms with Crippen LogP contribution in [0, 0.1) is 0 Å². The zero-order valence-electron chi connectivity index (χ0n) is 14.5. The third-order valence-corrected chi connectivity index (χ3v) is 5.80. The second kappa shape index (κ2) is 10.0. The summed E-state index contributed by atoms with van der Waals surface area (Å²) in [6, 6.07) is 9.18. The largest absolute Gasteiger partial charge is 0.452 e. The molecule has 144 valence electrons. The predicted octanol–water partition coefficient (Wildman–Crippen LogP) is 1.73. The van der Waals surface area contributed by atoms with E-state index < -0.39 is 28.5 Å². The van der Waals surface area contributed by atoms with Crippen LogP contribution in [0.25, 0.3) is 0 Å². The van der Waals surface area contributed by atoms with Gasteiger partial charge in [-0.2, -0.15) is 0 Å². The molecule has 2 rings (SSSR count). The summed E-state index contributed by atoms with van der Waals surface area (Å²) >= 11 is 1.61. The van der Waals surface area contributed by atoms with E-state index in [1.54, 1.807) is 11.3 Å². The number of carbonyl (C=O) groups is 2. The van der Waals surface area contributed by atoms with Crippen LogP contribution in [0.5, 0.6) is 0 Å². The molecular formula is C18H20N2O5S2. The summed E-state index contributed by atoms with van der Waals surface area (Å²) in [6.45, 7) is 3.61. The Bertz CT molecular complexity index is 875. The van der Waals surface area contributed by atoms with E-state index in [1.807, 2.05) is 17.5 Å². The Morgan fingerprint density at radius 1 is 1.19 bits per heavy atom. The molecule has 1 heterocycles. The van der Waals surface area contributed by atoms with E-state index in [9.17, 15) is 18.0 Å². The fourth-order valence-corrected chi connectivity index (χ4v) is 3.77. The van der Waals surface area contributed by atoms with Gasteiger partial charge in [0.05, 0.1) is 10.5 Å². The average Bonchev–Trinajstić information content (AvgIpc) is 3.18. The van der Waals surface area contributed by atoms with Crippen molar-refractivity contribution in [1.82, 2.24) is 10.0 Å². The average molecular weight is 409 g/mol. The Morgan fingerprint density at radius 2 is 1.93 bits per heavy atom. The number of hydrogen-bond donors (Lipinski definition) is 2. The summed E-state index contributed by atoms with van der Waals surface area (Å²) in [6.07, 6.45) is 2.14. The molecule has 0 aliphatic heterocycles. The van der Waals surface area contributed by atoms with Gasteiger partial charge in [0.2, 0.25) is 10.0 Å². The fraction of sp³-hybridized carbons (Fsp3) is 0.222. The van der Waals surface area contributed by atoms with E-state index in [-0.39, 0.29) is 17.0 Å². The standard InChI is InChI=1S/C18H20N2O5S2/c1-2-10-20-27(23,24)16-7-5-14(6-8-16)18(22)25-13-17(21)19-11-9-15-4-3-12-26-15/h2-8,12,20H,1,9-11,13H2,(H,19,21). The predicted molar refractivity (Wildman–Crippen MR) is 103 cm³/mol. The summed E-state index contributed by atoms with van der Waals surface area (Å²) in [5, 5.41) is 4.63. The molecule has 0 unspecified atom stereocenters. The smallest absolute Gasteiger partial charge is 0.338 e. The Hall–Kier alpha value is -2.49. The van der Waals surface area contributed by atoms with Gasteiger partial charge in [-0.25, -0.2) is 17.9 Å². The second-order valence-corrected chi connectivity index (χ2v) is 8.22. The minimum absolute atomic E-state index is 0.0206. The quantitative estimate of drug-likeness (QED) is 0.460. The van der Waals surface area contributed by atoms with E-state index in [2.05, 4.69) is 16.6 Å². The van der Waals surface area contributed by atoms with Crippen LogP contribution in [0.3, 0.4) is 0 Å². The molecule has 0 atom stereocenters. The molecule has 7 nitrogen and oxygen atoms in total. The molecule has 0 spiro atoms. The zero-order valence-corrected chi connectivity index (χ0v) is 16.1. The van der Waals surface area contributed by atoms with Crippen LogP contribution in [0.15, 0.2) is 59.3 Å². The maximum atomic E-state index is 12.0. The van der Waals surface area contributed by atoms with Gasteiger partial charge >= 0.3 is 5.97 Å². The van der Waals surface area contributed by atoms with E-state index in [0.717, 1.165) is 4.88 Å². The number of amides is 1. The van der Waals surface area contributed by atoms with Crippen molar-refractivity contribution in [2.75, 3.05) is 19.7 Å². The lowest BCUT2D eigenvalue weighted by molar-refractivity contribution is -0.124. The third kappa shape index (κ3) is 6.63. The molecule has 2 N–H and O–H groups in total. The van der Waals surface area contributed by atoms with Crippen LogP contribution in [0.1, 0.15) is 15.2 Å². The van der Waals surface area contributed by atoms with Crippen LogP contribution >= 0.6 is 11.3 Å². The lowest BCUT2D eigenvalue weighted by atomic mass is 10.2. The molecule has 2 aromatic rings. The monoisotopic (exact) mass is 408 g/mol. The highest BCUT2D eigenvalue weighted by Crippen LogP contribution is 2.11. The van der Waals surface area contributed by atoms with Gasteiger partial charge in [0.15, 0.2) is 6.61 Å².